The molecule has 27 heavy (non-hydrogen) atoms. The first-order valence-electron chi connectivity index (χ1n) is 8.70. The summed E-state index contributed by atoms with van der Waals surface area (Å²) in [6, 6.07) is 18.3. The zero-order valence-electron chi connectivity index (χ0n) is 15.7. The SMILES string of the molecule is CCOc1ccc(CN(C)S(=O)(=O)c2ccc3ccccc3c2)cc1OC. The predicted octanol–water partition coefficient (Wildman–Crippen LogP) is 4.07. The van der Waals surface area contributed by atoms with Gasteiger partial charge < -0.3 is 9.47 Å². The van der Waals surface area contributed by atoms with E-state index in [1.807, 2.05) is 43.3 Å². The molecule has 0 aromatic heterocycles. The number of hydrogen-bond donors (Lipinski definition) is 0. The first-order valence-corrected chi connectivity index (χ1v) is 10.1. The molecule has 0 saturated heterocycles. The molecule has 0 aliphatic heterocycles. The maximum absolute atomic E-state index is 13.0. The molecule has 0 atom stereocenters. The van der Waals surface area contributed by atoms with Crippen molar-refractivity contribution in [2.45, 2.75) is 18.4 Å². The van der Waals surface area contributed by atoms with Crippen molar-refractivity contribution < 1.29 is 17.9 Å². The molecule has 6 heteroatoms. The summed E-state index contributed by atoms with van der Waals surface area (Å²) in [5.41, 5.74) is 0.821. The monoisotopic (exact) mass is 385 g/mol. The molecular weight excluding hydrogens is 362 g/mol. The first-order chi connectivity index (χ1) is 13.0. The topological polar surface area (TPSA) is 55.8 Å². The lowest BCUT2D eigenvalue weighted by Crippen LogP contribution is -2.26. The van der Waals surface area contributed by atoms with Gasteiger partial charge in [0, 0.05) is 13.6 Å². The Balaban J connectivity index is 1.86. The maximum atomic E-state index is 13.0. The summed E-state index contributed by atoms with van der Waals surface area (Å²) in [6.07, 6.45) is 0. The van der Waals surface area contributed by atoms with Gasteiger partial charge in [0.25, 0.3) is 0 Å². The van der Waals surface area contributed by atoms with Crippen LogP contribution in [0.25, 0.3) is 10.8 Å². The van der Waals surface area contributed by atoms with E-state index >= 15 is 0 Å². The van der Waals surface area contributed by atoms with Gasteiger partial charge in [-0.3, -0.25) is 0 Å². The van der Waals surface area contributed by atoms with Gasteiger partial charge in [0.1, 0.15) is 0 Å². The highest BCUT2D eigenvalue weighted by molar-refractivity contribution is 7.89. The Morgan fingerprint density at radius 1 is 0.926 bits per heavy atom. The maximum Gasteiger partial charge on any atom is 0.243 e. The lowest BCUT2D eigenvalue weighted by Gasteiger charge is -2.19. The molecule has 0 fully saturated rings. The molecule has 0 bridgehead atoms. The van der Waals surface area contributed by atoms with E-state index in [0.29, 0.717) is 18.1 Å². The van der Waals surface area contributed by atoms with Crippen LogP contribution in [0.15, 0.2) is 65.6 Å². The van der Waals surface area contributed by atoms with E-state index in [9.17, 15) is 8.42 Å². The number of sulfonamides is 1. The molecule has 142 valence electrons. The van der Waals surface area contributed by atoms with Crippen LogP contribution in [0.5, 0.6) is 11.5 Å². The van der Waals surface area contributed by atoms with Gasteiger partial charge in [0.15, 0.2) is 11.5 Å². The van der Waals surface area contributed by atoms with Crippen LogP contribution in [0, 0.1) is 0 Å². The molecule has 0 unspecified atom stereocenters. The fourth-order valence-corrected chi connectivity index (χ4v) is 4.13. The fraction of sp³-hybridized carbons (Fsp3) is 0.238. The van der Waals surface area contributed by atoms with Crippen LogP contribution in [0.3, 0.4) is 0 Å². The highest BCUT2D eigenvalue weighted by Gasteiger charge is 2.21. The number of nitrogens with zero attached hydrogens (tertiary/aromatic N) is 1. The van der Waals surface area contributed by atoms with Gasteiger partial charge in [-0.1, -0.05) is 36.4 Å². The lowest BCUT2D eigenvalue weighted by molar-refractivity contribution is 0.310. The molecule has 0 aliphatic rings. The predicted molar refractivity (Wildman–Crippen MR) is 107 cm³/mol. The average molecular weight is 385 g/mol. The second-order valence-electron chi connectivity index (χ2n) is 6.19. The Hall–Kier alpha value is -2.57. The number of fused-ring (bicyclic) bond motifs is 1. The fourth-order valence-electron chi connectivity index (χ4n) is 2.93. The molecule has 3 aromatic carbocycles. The largest absolute Gasteiger partial charge is 0.493 e. The summed E-state index contributed by atoms with van der Waals surface area (Å²) in [4.78, 5) is 0.279. The van der Waals surface area contributed by atoms with Crippen molar-refractivity contribution in [3.8, 4) is 11.5 Å². The lowest BCUT2D eigenvalue weighted by atomic mass is 10.1. The van der Waals surface area contributed by atoms with E-state index in [4.69, 9.17) is 9.47 Å². The van der Waals surface area contributed by atoms with Gasteiger partial charge in [0.2, 0.25) is 10.0 Å². The minimum atomic E-state index is -3.61. The van der Waals surface area contributed by atoms with Crippen LogP contribution in [0.1, 0.15) is 12.5 Å². The van der Waals surface area contributed by atoms with Crippen LogP contribution >= 0.6 is 0 Å². The van der Waals surface area contributed by atoms with Crippen molar-refractivity contribution in [2.75, 3.05) is 20.8 Å². The molecule has 0 amide bonds. The minimum absolute atomic E-state index is 0.234. The molecule has 0 N–H and O–H groups in total. The Labute approximate surface area is 160 Å². The van der Waals surface area contributed by atoms with E-state index in [0.717, 1.165) is 16.3 Å². The van der Waals surface area contributed by atoms with E-state index < -0.39 is 10.0 Å². The standard InChI is InChI=1S/C21H23NO4S/c1-4-26-20-12-9-16(13-21(20)25-3)15-22(2)27(23,24)19-11-10-17-7-5-6-8-18(17)14-19/h5-14H,4,15H2,1-3H3. The Morgan fingerprint density at radius 2 is 1.67 bits per heavy atom. The van der Waals surface area contributed by atoms with Gasteiger partial charge in [-0.15, -0.1) is 0 Å². The number of rotatable bonds is 7. The zero-order chi connectivity index (χ0) is 19.4. The van der Waals surface area contributed by atoms with Crippen molar-refractivity contribution in [3.63, 3.8) is 0 Å². The molecule has 3 aromatic rings. The van der Waals surface area contributed by atoms with Gasteiger partial charge in [-0.05, 0) is 47.5 Å². The van der Waals surface area contributed by atoms with Crippen molar-refractivity contribution in [2.24, 2.45) is 0 Å². The number of hydrogen-bond acceptors (Lipinski definition) is 4. The summed E-state index contributed by atoms with van der Waals surface area (Å²) in [6.45, 7) is 2.67. The van der Waals surface area contributed by atoms with Crippen LogP contribution in [-0.2, 0) is 16.6 Å². The highest BCUT2D eigenvalue weighted by Crippen LogP contribution is 2.29. The summed E-state index contributed by atoms with van der Waals surface area (Å²) < 4.78 is 38.1. The first kappa shape index (κ1) is 19.2. The molecule has 5 nitrogen and oxygen atoms in total. The van der Waals surface area contributed by atoms with E-state index in [2.05, 4.69) is 0 Å². The minimum Gasteiger partial charge on any atom is -0.493 e. The third kappa shape index (κ3) is 4.07. The molecular formula is C21H23NO4S. The molecule has 3 rings (SSSR count). The number of ether oxygens (including phenoxy) is 2. The molecule has 0 radical (unpaired) electrons. The highest BCUT2D eigenvalue weighted by atomic mass is 32.2. The number of benzene rings is 3. The quantitative estimate of drug-likeness (QED) is 0.615. The van der Waals surface area contributed by atoms with Crippen LogP contribution < -0.4 is 9.47 Å². The van der Waals surface area contributed by atoms with E-state index in [1.165, 1.54) is 4.31 Å². The molecule has 0 saturated carbocycles. The zero-order valence-corrected chi connectivity index (χ0v) is 16.5. The summed E-state index contributed by atoms with van der Waals surface area (Å²) in [5, 5.41) is 1.91. The smallest absolute Gasteiger partial charge is 0.243 e. The van der Waals surface area contributed by atoms with Crippen LogP contribution in [-0.4, -0.2) is 33.5 Å². The van der Waals surface area contributed by atoms with Gasteiger partial charge in [0.05, 0.1) is 18.6 Å². The van der Waals surface area contributed by atoms with Gasteiger partial charge in [-0.2, -0.15) is 4.31 Å². The Kier molecular flexibility index (Phi) is 5.68. The van der Waals surface area contributed by atoms with Crippen molar-refractivity contribution >= 4 is 20.8 Å². The summed E-state index contributed by atoms with van der Waals surface area (Å²) >= 11 is 0. The van der Waals surface area contributed by atoms with Crippen LogP contribution in [0.2, 0.25) is 0 Å². The second kappa shape index (κ2) is 7.98. The normalized spacial score (nSPS) is 11.7. The summed E-state index contributed by atoms with van der Waals surface area (Å²) in [5.74, 6) is 1.23. The van der Waals surface area contributed by atoms with Crippen molar-refractivity contribution in [3.05, 3.63) is 66.2 Å². The molecule has 0 heterocycles. The molecule has 0 spiro atoms. The van der Waals surface area contributed by atoms with Crippen molar-refractivity contribution in [1.29, 1.82) is 0 Å². The molecule has 0 aliphatic carbocycles. The van der Waals surface area contributed by atoms with Crippen molar-refractivity contribution in [1.82, 2.24) is 4.31 Å². The second-order valence-corrected chi connectivity index (χ2v) is 8.23. The van der Waals surface area contributed by atoms with Gasteiger partial charge in [-0.25, -0.2) is 8.42 Å². The third-order valence-corrected chi connectivity index (χ3v) is 6.16. The average Bonchev–Trinajstić information content (AvgIpc) is 2.68. The summed E-state index contributed by atoms with van der Waals surface area (Å²) in [7, 11) is -0.464. The number of methoxy groups -OCH3 is 1. The Morgan fingerprint density at radius 3 is 2.37 bits per heavy atom. The van der Waals surface area contributed by atoms with Gasteiger partial charge >= 0.3 is 0 Å². The van der Waals surface area contributed by atoms with Crippen LogP contribution in [0.4, 0.5) is 0 Å². The Bertz CT molecular complexity index is 1050. The van der Waals surface area contributed by atoms with E-state index in [1.54, 1.807) is 38.4 Å². The third-order valence-electron chi connectivity index (χ3n) is 4.36. The van der Waals surface area contributed by atoms with E-state index in [-0.39, 0.29) is 11.4 Å².